The summed E-state index contributed by atoms with van der Waals surface area (Å²) < 4.78 is 11.5. The topological polar surface area (TPSA) is 111 Å². The molecule has 194 valence electrons. The molecule has 0 spiro atoms. The van der Waals surface area contributed by atoms with Crippen molar-refractivity contribution < 1.29 is 18.7 Å². The first-order chi connectivity index (χ1) is 18.4. The molecule has 2 aliphatic rings. The second-order valence-electron chi connectivity index (χ2n) is 9.36. The quantitative estimate of drug-likeness (QED) is 0.513. The Kier molecular flexibility index (Phi) is 7.07. The maximum atomic E-state index is 14.2. The summed E-state index contributed by atoms with van der Waals surface area (Å²) in [6, 6.07) is 14.9. The average molecular weight is 532 g/mol. The van der Waals surface area contributed by atoms with Crippen molar-refractivity contribution in [2.75, 3.05) is 19.6 Å². The van der Waals surface area contributed by atoms with Gasteiger partial charge in [0.2, 0.25) is 5.91 Å². The second-order valence-corrected chi connectivity index (χ2v) is 9.80. The van der Waals surface area contributed by atoms with Gasteiger partial charge in [-0.05, 0) is 55.8 Å². The van der Waals surface area contributed by atoms with E-state index in [1.54, 1.807) is 47.8 Å². The van der Waals surface area contributed by atoms with Crippen molar-refractivity contribution in [1.29, 1.82) is 5.26 Å². The number of urea groups is 1. The number of nitriles is 1. The molecule has 2 aliphatic heterocycles. The molecule has 3 heterocycles. The summed E-state index contributed by atoms with van der Waals surface area (Å²) in [6.07, 6.45) is 3.00. The van der Waals surface area contributed by atoms with Gasteiger partial charge >= 0.3 is 6.03 Å². The van der Waals surface area contributed by atoms with Crippen molar-refractivity contribution in [3.8, 4) is 11.8 Å². The fourth-order valence-corrected chi connectivity index (χ4v) is 4.85. The van der Waals surface area contributed by atoms with Crippen LogP contribution in [0.2, 0.25) is 5.02 Å². The van der Waals surface area contributed by atoms with E-state index in [9.17, 15) is 14.9 Å². The summed E-state index contributed by atoms with van der Waals surface area (Å²) in [7, 11) is 0. The SMILES string of the molecule is CC(C)Oc1cc(C#N)ccc1C1=NC(c2ccoc2)C(c2ccc(Cl)cc2)N1C(=O)N1CCNC(=O)C1. The number of hydrogen-bond donors (Lipinski definition) is 1. The molecule has 9 nitrogen and oxygen atoms in total. The van der Waals surface area contributed by atoms with Gasteiger partial charge in [-0.25, -0.2) is 4.79 Å². The van der Waals surface area contributed by atoms with Crippen LogP contribution in [0.1, 0.15) is 48.2 Å². The second kappa shape index (κ2) is 10.6. The fourth-order valence-electron chi connectivity index (χ4n) is 4.72. The summed E-state index contributed by atoms with van der Waals surface area (Å²) in [5, 5.41) is 12.8. The highest BCUT2D eigenvalue weighted by molar-refractivity contribution is 6.30. The van der Waals surface area contributed by atoms with Crippen LogP contribution in [0.5, 0.6) is 5.75 Å². The predicted molar refractivity (Wildman–Crippen MR) is 141 cm³/mol. The van der Waals surface area contributed by atoms with E-state index < -0.39 is 12.1 Å². The molecule has 0 aliphatic carbocycles. The highest BCUT2D eigenvalue weighted by atomic mass is 35.5. The standard InChI is InChI=1S/C28H26ClN5O4/c1-17(2)38-23-13-18(14-30)3-8-22(23)27-32-25(20-9-12-37-16-20)26(19-4-6-21(29)7-5-19)34(27)28(36)33-11-10-31-24(35)15-33/h3-9,12-13,16-17,25-26H,10-11,15H2,1-2H3,(H,31,35). The maximum absolute atomic E-state index is 14.2. The van der Waals surface area contributed by atoms with E-state index >= 15 is 0 Å². The highest BCUT2D eigenvalue weighted by Crippen LogP contribution is 2.45. The van der Waals surface area contributed by atoms with Gasteiger partial charge in [0.15, 0.2) is 0 Å². The van der Waals surface area contributed by atoms with Gasteiger partial charge in [0.25, 0.3) is 0 Å². The molecule has 0 saturated carbocycles. The molecule has 0 bridgehead atoms. The zero-order chi connectivity index (χ0) is 26.8. The number of amides is 3. The molecule has 3 aromatic rings. The minimum atomic E-state index is -0.556. The summed E-state index contributed by atoms with van der Waals surface area (Å²) in [5.41, 5.74) is 2.59. The zero-order valence-corrected chi connectivity index (χ0v) is 21.7. The van der Waals surface area contributed by atoms with Crippen molar-refractivity contribution in [3.63, 3.8) is 0 Å². The third kappa shape index (κ3) is 4.95. The molecule has 5 rings (SSSR count). The smallest absolute Gasteiger partial charge is 0.326 e. The Morgan fingerprint density at radius 2 is 2.00 bits per heavy atom. The Morgan fingerprint density at radius 3 is 2.66 bits per heavy atom. The number of amidine groups is 1. The van der Waals surface area contributed by atoms with Crippen molar-refractivity contribution in [1.82, 2.24) is 15.1 Å². The number of nitrogens with zero attached hydrogens (tertiary/aromatic N) is 4. The molecule has 0 radical (unpaired) electrons. The molecule has 2 unspecified atom stereocenters. The van der Waals surface area contributed by atoms with Crippen LogP contribution in [0.15, 0.2) is 70.5 Å². The van der Waals surface area contributed by atoms with Crippen LogP contribution in [-0.2, 0) is 4.79 Å². The van der Waals surface area contributed by atoms with Crippen LogP contribution in [0.25, 0.3) is 0 Å². The number of piperazine rings is 1. The molecular formula is C28H26ClN5O4. The first-order valence-electron chi connectivity index (χ1n) is 12.3. The minimum absolute atomic E-state index is 0.0605. The maximum Gasteiger partial charge on any atom is 0.326 e. The number of furan rings is 1. The van der Waals surface area contributed by atoms with E-state index in [-0.39, 0.29) is 24.6 Å². The van der Waals surface area contributed by atoms with E-state index in [0.29, 0.717) is 40.8 Å². The van der Waals surface area contributed by atoms with Gasteiger partial charge in [-0.15, -0.1) is 0 Å². The van der Waals surface area contributed by atoms with Crippen LogP contribution in [0, 0.1) is 11.3 Å². The summed E-state index contributed by atoms with van der Waals surface area (Å²) >= 11 is 6.19. The summed E-state index contributed by atoms with van der Waals surface area (Å²) in [4.78, 5) is 34.6. The molecule has 1 N–H and O–H groups in total. The lowest BCUT2D eigenvalue weighted by Gasteiger charge is -2.35. The molecule has 1 fully saturated rings. The summed E-state index contributed by atoms with van der Waals surface area (Å²) in [5.74, 6) is 0.598. The third-order valence-corrected chi connectivity index (χ3v) is 6.64. The van der Waals surface area contributed by atoms with E-state index in [2.05, 4.69) is 11.4 Å². The first kappa shape index (κ1) is 25.4. The number of aliphatic imine (C=N–C) groups is 1. The molecular weight excluding hydrogens is 506 g/mol. The number of benzene rings is 2. The van der Waals surface area contributed by atoms with Crippen LogP contribution in [0.4, 0.5) is 4.79 Å². The van der Waals surface area contributed by atoms with E-state index in [4.69, 9.17) is 25.7 Å². The average Bonchev–Trinajstić information content (AvgIpc) is 3.57. The van der Waals surface area contributed by atoms with Gasteiger partial charge in [-0.2, -0.15) is 5.26 Å². The monoisotopic (exact) mass is 531 g/mol. The Bertz CT molecular complexity index is 1410. The van der Waals surface area contributed by atoms with E-state index in [1.807, 2.05) is 32.0 Å². The van der Waals surface area contributed by atoms with Crippen molar-refractivity contribution in [3.05, 3.63) is 88.3 Å². The zero-order valence-electron chi connectivity index (χ0n) is 20.9. The molecule has 38 heavy (non-hydrogen) atoms. The summed E-state index contributed by atoms with van der Waals surface area (Å²) in [6.45, 7) is 4.44. The molecule has 1 saturated heterocycles. The van der Waals surface area contributed by atoms with E-state index in [0.717, 1.165) is 11.1 Å². The molecule has 3 amide bonds. The van der Waals surface area contributed by atoms with Gasteiger partial charge in [0.1, 0.15) is 24.2 Å². The van der Waals surface area contributed by atoms with Gasteiger partial charge in [-0.3, -0.25) is 14.7 Å². The van der Waals surface area contributed by atoms with Crippen LogP contribution in [-0.4, -0.2) is 53.3 Å². The number of rotatable bonds is 5. The van der Waals surface area contributed by atoms with Crippen molar-refractivity contribution >= 4 is 29.4 Å². The highest BCUT2D eigenvalue weighted by Gasteiger charge is 2.45. The number of carbonyl (C=O) groups is 2. The number of ether oxygens (including phenoxy) is 1. The van der Waals surface area contributed by atoms with E-state index in [1.165, 1.54) is 4.90 Å². The predicted octanol–water partition coefficient (Wildman–Crippen LogP) is 4.69. The lowest BCUT2D eigenvalue weighted by Crippen LogP contribution is -2.55. The Labute approximate surface area is 225 Å². The van der Waals surface area contributed by atoms with Crippen LogP contribution >= 0.6 is 11.6 Å². The number of hydrogen-bond acceptors (Lipinski definition) is 6. The minimum Gasteiger partial charge on any atom is -0.490 e. The van der Waals surface area contributed by atoms with Gasteiger partial charge < -0.3 is 19.4 Å². The molecule has 2 atom stereocenters. The van der Waals surface area contributed by atoms with Crippen LogP contribution < -0.4 is 10.1 Å². The molecule has 10 heteroatoms. The van der Waals surface area contributed by atoms with Gasteiger partial charge in [0, 0.05) is 23.7 Å². The Hall–Kier alpha value is -4.29. The normalized spacial score (nSPS) is 19.2. The third-order valence-electron chi connectivity index (χ3n) is 6.39. The van der Waals surface area contributed by atoms with Gasteiger partial charge in [0.05, 0.1) is 41.9 Å². The number of halogens is 1. The van der Waals surface area contributed by atoms with Crippen molar-refractivity contribution in [2.24, 2.45) is 4.99 Å². The first-order valence-corrected chi connectivity index (χ1v) is 12.6. The Balaban J connectivity index is 1.69. The fraction of sp³-hybridized carbons (Fsp3) is 0.286. The Morgan fingerprint density at radius 1 is 1.21 bits per heavy atom. The van der Waals surface area contributed by atoms with Gasteiger partial charge in [-0.1, -0.05) is 23.7 Å². The lowest BCUT2D eigenvalue weighted by atomic mass is 9.95. The lowest BCUT2D eigenvalue weighted by molar-refractivity contribution is -0.123. The van der Waals surface area contributed by atoms with Crippen LogP contribution in [0.3, 0.4) is 0 Å². The molecule has 1 aromatic heterocycles. The van der Waals surface area contributed by atoms with Crippen molar-refractivity contribution in [2.45, 2.75) is 32.0 Å². The number of carbonyl (C=O) groups excluding carboxylic acids is 2. The largest absolute Gasteiger partial charge is 0.490 e. The number of nitrogens with one attached hydrogen (secondary N) is 1. The molecule has 2 aromatic carbocycles.